The van der Waals surface area contributed by atoms with Crippen molar-refractivity contribution in [2.24, 2.45) is 0 Å². The molecule has 3 aromatic rings. The fourth-order valence-electron chi connectivity index (χ4n) is 2.60. The number of thiazole rings is 1. The summed E-state index contributed by atoms with van der Waals surface area (Å²) in [5, 5.41) is 3.28. The number of nitrogens with zero attached hydrogens (tertiary/aromatic N) is 2. The minimum atomic E-state index is -0.0941. The molecule has 27 heavy (non-hydrogen) atoms. The van der Waals surface area contributed by atoms with Crippen molar-refractivity contribution in [3.8, 4) is 5.75 Å². The topological polar surface area (TPSA) is 42.4 Å². The Kier molecular flexibility index (Phi) is 6.05. The number of rotatable bonds is 5. The minimum absolute atomic E-state index is 0.0941. The molecule has 0 saturated heterocycles. The molecule has 1 heterocycles. The van der Waals surface area contributed by atoms with Crippen LogP contribution in [0.1, 0.15) is 23.7 Å². The summed E-state index contributed by atoms with van der Waals surface area (Å²) in [6.07, 6.45) is 0. The van der Waals surface area contributed by atoms with Crippen molar-refractivity contribution >= 4 is 51.3 Å². The maximum absolute atomic E-state index is 12.3. The first kappa shape index (κ1) is 19.7. The summed E-state index contributed by atoms with van der Waals surface area (Å²) in [5.74, 6) is 0.403. The molecule has 4 nitrogen and oxygen atoms in total. The van der Waals surface area contributed by atoms with E-state index in [4.69, 9.17) is 27.9 Å². The van der Waals surface area contributed by atoms with Crippen molar-refractivity contribution in [2.75, 3.05) is 4.90 Å². The van der Waals surface area contributed by atoms with Crippen LogP contribution in [-0.2, 0) is 11.4 Å². The molecule has 0 atom stereocenters. The molecule has 1 amide bonds. The zero-order chi connectivity index (χ0) is 19.6. The molecule has 0 unspecified atom stereocenters. The Hall–Kier alpha value is -2.08. The summed E-state index contributed by atoms with van der Waals surface area (Å²) in [5.41, 5.74) is 3.71. The normalized spacial score (nSPS) is 10.7. The maximum atomic E-state index is 12.3. The van der Waals surface area contributed by atoms with Crippen LogP contribution in [0.3, 0.4) is 0 Å². The summed E-state index contributed by atoms with van der Waals surface area (Å²) in [7, 11) is 0. The first-order chi connectivity index (χ1) is 12.9. The Labute approximate surface area is 172 Å². The van der Waals surface area contributed by atoms with Crippen molar-refractivity contribution in [3.05, 3.63) is 68.6 Å². The second kappa shape index (κ2) is 8.30. The second-order valence-electron chi connectivity index (χ2n) is 6.04. The summed E-state index contributed by atoms with van der Waals surface area (Å²) in [6, 6.07) is 11.1. The summed E-state index contributed by atoms with van der Waals surface area (Å²) >= 11 is 13.5. The monoisotopic (exact) mass is 420 g/mol. The average Bonchev–Trinajstić information content (AvgIpc) is 3.08. The zero-order valence-corrected chi connectivity index (χ0v) is 17.5. The van der Waals surface area contributed by atoms with E-state index in [0.717, 1.165) is 16.8 Å². The fourth-order valence-corrected chi connectivity index (χ4v) is 3.81. The van der Waals surface area contributed by atoms with E-state index in [1.54, 1.807) is 23.1 Å². The van der Waals surface area contributed by atoms with Crippen LogP contribution in [0.4, 0.5) is 10.8 Å². The standard InChI is InChI=1S/C20H18Cl2N2O2S/c1-12-6-4-8-17(13(12)2)24(14(3)25)20-23-15(11-27-20)10-26-18-9-5-7-16(21)19(18)22/h4-9,11H,10H2,1-3H3. The largest absolute Gasteiger partial charge is 0.486 e. The van der Waals surface area contributed by atoms with E-state index in [-0.39, 0.29) is 12.5 Å². The number of benzene rings is 2. The smallest absolute Gasteiger partial charge is 0.230 e. The van der Waals surface area contributed by atoms with Crippen LogP contribution in [0.5, 0.6) is 5.75 Å². The summed E-state index contributed by atoms with van der Waals surface area (Å²) in [6.45, 7) is 5.78. The molecule has 0 radical (unpaired) electrons. The number of hydrogen-bond donors (Lipinski definition) is 0. The lowest BCUT2D eigenvalue weighted by atomic mass is 10.1. The van der Waals surface area contributed by atoms with Gasteiger partial charge in [0, 0.05) is 12.3 Å². The zero-order valence-electron chi connectivity index (χ0n) is 15.1. The van der Waals surface area contributed by atoms with Gasteiger partial charge < -0.3 is 4.74 Å². The van der Waals surface area contributed by atoms with Crippen molar-refractivity contribution < 1.29 is 9.53 Å². The van der Waals surface area contributed by atoms with Gasteiger partial charge >= 0.3 is 0 Å². The molecule has 0 aliphatic heterocycles. The van der Waals surface area contributed by atoms with Gasteiger partial charge in [0.25, 0.3) is 0 Å². The molecular weight excluding hydrogens is 403 g/mol. The number of hydrogen-bond acceptors (Lipinski definition) is 4. The van der Waals surface area contributed by atoms with E-state index in [9.17, 15) is 4.79 Å². The van der Waals surface area contributed by atoms with Gasteiger partial charge in [0.15, 0.2) is 5.13 Å². The van der Waals surface area contributed by atoms with Gasteiger partial charge in [-0.05, 0) is 43.2 Å². The number of aromatic nitrogens is 1. The highest BCUT2D eigenvalue weighted by Gasteiger charge is 2.20. The third-order valence-corrected chi connectivity index (χ3v) is 5.83. The van der Waals surface area contributed by atoms with Crippen LogP contribution < -0.4 is 9.64 Å². The fraction of sp³-hybridized carbons (Fsp3) is 0.200. The Morgan fingerprint density at radius 3 is 2.67 bits per heavy atom. The lowest BCUT2D eigenvalue weighted by Crippen LogP contribution is -2.23. The van der Waals surface area contributed by atoms with Crippen LogP contribution in [0, 0.1) is 13.8 Å². The molecule has 0 aliphatic carbocycles. The van der Waals surface area contributed by atoms with Crippen molar-refractivity contribution in [1.29, 1.82) is 0 Å². The number of aryl methyl sites for hydroxylation is 1. The van der Waals surface area contributed by atoms with Gasteiger partial charge in [-0.15, -0.1) is 11.3 Å². The summed E-state index contributed by atoms with van der Waals surface area (Å²) in [4.78, 5) is 18.5. The molecule has 140 valence electrons. The van der Waals surface area contributed by atoms with Gasteiger partial charge in [0.2, 0.25) is 5.91 Å². The van der Waals surface area contributed by atoms with E-state index < -0.39 is 0 Å². The highest BCUT2D eigenvalue weighted by atomic mass is 35.5. The van der Waals surface area contributed by atoms with Crippen molar-refractivity contribution in [1.82, 2.24) is 4.98 Å². The van der Waals surface area contributed by atoms with Crippen LogP contribution in [-0.4, -0.2) is 10.9 Å². The van der Waals surface area contributed by atoms with Gasteiger partial charge in [0.05, 0.1) is 16.4 Å². The molecule has 2 aromatic carbocycles. The number of halogens is 2. The Bertz CT molecular complexity index is 988. The third-order valence-electron chi connectivity index (χ3n) is 4.15. The quantitative estimate of drug-likeness (QED) is 0.484. The Morgan fingerprint density at radius 1 is 1.19 bits per heavy atom. The number of amides is 1. The number of carbonyl (C=O) groups excluding carboxylic acids is 1. The molecule has 0 saturated carbocycles. The first-order valence-corrected chi connectivity index (χ1v) is 9.90. The predicted molar refractivity (Wildman–Crippen MR) is 112 cm³/mol. The third kappa shape index (κ3) is 4.26. The Balaban J connectivity index is 1.83. The molecule has 0 N–H and O–H groups in total. The molecule has 3 rings (SSSR count). The number of ether oxygens (including phenoxy) is 1. The molecular formula is C20H18Cl2N2O2S. The average molecular weight is 421 g/mol. The van der Waals surface area contributed by atoms with Gasteiger partial charge in [0.1, 0.15) is 17.4 Å². The number of carbonyl (C=O) groups is 1. The van der Waals surface area contributed by atoms with Gasteiger partial charge in [-0.1, -0.05) is 41.4 Å². The number of anilines is 2. The molecule has 0 spiro atoms. The highest BCUT2D eigenvalue weighted by molar-refractivity contribution is 7.14. The first-order valence-electron chi connectivity index (χ1n) is 8.26. The van der Waals surface area contributed by atoms with Crippen LogP contribution in [0.2, 0.25) is 10.0 Å². The Morgan fingerprint density at radius 2 is 1.93 bits per heavy atom. The lowest BCUT2D eigenvalue weighted by molar-refractivity contribution is -0.115. The van der Waals surface area contributed by atoms with Crippen molar-refractivity contribution in [3.63, 3.8) is 0 Å². The van der Waals surface area contributed by atoms with E-state index in [0.29, 0.717) is 26.6 Å². The van der Waals surface area contributed by atoms with Crippen LogP contribution in [0.15, 0.2) is 41.8 Å². The lowest BCUT2D eigenvalue weighted by Gasteiger charge is -2.21. The molecule has 1 aromatic heterocycles. The van der Waals surface area contributed by atoms with E-state index in [2.05, 4.69) is 4.98 Å². The summed E-state index contributed by atoms with van der Waals surface area (Å²) < 4.78 is 5.73. The van der Waals surface area contributed by atoms with Crippen LogP contribution in [0.25, 0.3) is 0 Å². The van der Waals surface area contributed by atoms with Gasteiger partial charge in [-0.2, -0.15) is 0 Å². The molecule has 0 fully saturated rings. The SMILES string of the molecule is CC(=O)N(c1nc(COc2cccc(Cl)c2Cl)cs1)c1cccc(C)c1C. The molecule has 0 aliphatic rings. The predicted octanol–water partition coefficient (Wildman–Crippen LogP) is 6.33. The van der Waals surface area contributed by atoms with Gasteiger partial charge in [-0.25, -0.2) is 4.98 Å². The van der Waals surface area contributed by atoms with E-state index in [1.807, 2.05) is 37.4 Å². The van der Waals surface area contributed by atoms with Crippen LogP contribution >= 0.6 is 34.5 Å². The van der Waals surface area contributed by atoms with E-state index in [1.165, 1.54) is 18.3 Å². The second-order valence-corrected chi connectivity index (χ2v) is 7.66. The maximum Gasteiger partial charge on any atom is 0.230 e. The molecule has 0 bridgehead atoms. The minimum Gasteiger partial charge on any atom is -0.486 e. The van der Waals surface area contributed by atoms with E-state index >= 15 is 0 Å². The van der Waals surface area contributed by atoms with Gasteiger partial charge in [-0.3, -0.25) is 9.69 Å². The molecule has 7 heteroatoms. The van der Waals surface area contributed by atoms with Crippen molar-refractivity contribution in [2.45, 2.75) is 27.4 Å². The highest BCUT2D eigenvalue weighted by Crippen LogP contribution is 2.34.